The van der Waals surface area contributed by atoms with Crippen molar-refractivity contribution in [2.75, 3.05) is 0 Å². The number of nitrogens with zero attached hydrogens (tertiary/aromatic N) is 1. The summed E-state index contributed by atoms with van der Waals surface area (Å²) in [4.78, 5) is 0. The summed E-state index contributed by atoms with van der Waals surface area (Å²) in [6, 6.07) is 32.2. The monoisotopic (exact) mass is 389 g/mol. The van der Waals surface area contributed by atoms with Crippen LogP contribution in [0.15, 0.2) is 95.4 Å². The van der Waals surface area contributed by atoms with Gasteiger partial charge in [-0.3, -0.25) is 0 Å². The molecule has 0 N–H and O–H groups in total. The molecule has 7 rings (SSSR count). The van der Waals surface area contributed by atoms with Crippen molar-refractivity contribution >= 4 is 64.5 Å². The summed E-state index contributed by atoms with van der Waals surface area (Å²) in [6.07, 6.45) is 0. The fourth-order valence-corrected chi connectivity index (χ4v) is 5.63. The molecule has 0 aliphatic heterocycles. The highest BCUT2D eigenvalue weighted by atomic mass is 32.1. The molecule has 0 fully saturated rings. The number of furan rings is 1. The predicted octanol–water partition coefficient (Wildman–Crippen LogP) is 7.90. The Kier molecular flexibility index (Phi) is 2.91. The van der Waals surface area contributed by atoms with Gasteiger partial charge in [0, 0.05) is 36.6 Å². The molecule has 3 aromatic heterocycles. The Labute approximate surface area is 170 Å². The first-order chi connectivity index (χ1) is 14.4. The third-order valence-corrected chi connectivity index (χ3v) is 6.95. The number of rotatable bonds is 1. The maximum absolute atomic E-state index is 6.29. The zero-order valence-corrected chi connectivity index (χ0v) is 16.2. The number of hydrogen-bond donors (Lipinski definition) is 0. The standard InChI is InChI=1S/C26H15NOS/c1-4-10-21-18(8-1)26-25(19-9-2-5-11-22(19)28-26)27(21)16-13-14-24-20(15-16)17-7-3-6-12-23(17)29-24/h1-15H. The molecule has 136 valence electrons. The van der Waals surface area contributed by atoms with Gasteiger partial charge in [0.15, 0.2) is 5.58 Å². The lowest BCUT2D eigenvalue weighted by atomic mass is 10.1. The minimum atomic E-state index is 0.930. The van der Waals surface area contributed by atoms with Gasteiger partial charge in [-0.2, -0.15) is 0 Å². The van der Waals surface area contributed by atoms with Gasteiger partial charge in [-0.25, -0.2) is 0 Å². The third-order valence-electron chi connectivity index (χ3n) is 5.80. The summed E-state index contributed by atoms with van der Waals surface area (Å²) in [6.45, 7) is 0. The smallest absolute Gasteiger partial charge is 0.161 e. The van der Waals surface area contributed by atoms with Gasteiger partial charge in [-0.05, 0) is 48.5 Å². The molecular weight excluding hydrogens is 374 g/mol. The zero-order valence-electron chi connectivity index (χ0n) is 15.4. The van der Waals surface area contributed by atoms with Crippen LogP contribution in [0.1, 0.15) is 0 Å². The molecule has 0 amide bonds. The molecule has 0 saturated carbocycles. The quantitative estimate of drug-likeness (QED) is 0.279. The number of hydrogen-bond acceptors (Lipinski definition) is 2. The van der Waals surface area contributed by atoms with E-state index in [9.17, 15) is 0 Å². The van der Waals surface area contributed by atoms with Crippen LogP contribution in [0.25, 0.3) is 58.8 Å². The molecule has 29 heavy (non-hydrogen) atoms. The fourth-order valence-electron chi connectivity index (χ4n) is 4.54. The summed E-state index contributed by atoms with van der Waals surface area (Å²) in [5.41, 5.74) is 5.36. The van der Waals surface area contributed by atoms with E-state index in [4.69, 9.17) is 4.42 Å². The van der Waals surface area contributed by atoms with E-state index in [0.717, 1.165) is 27.5 Å². The molecule has 2 nitrogen and oxygen atoms in total. The van der Waals surface area contributed by atoms with Gasteiger partial charge in [-0.1, -0.05) is 42.5 Å². The number of benzene rings is 4. The van der Waals surface area contributed by atoms with E-state index in [1.165, 1.54) is 31.4 Å². The van der Waals surface area contributed by atoms with Crippen LogP contribution in [-0.4, -0.2) is 4.57 Å². The molecule has 7 aromatic rings. The van der Waals surface area contributed by atoms with Crippen LogP contribution in [0.5, 0.6) is 0 Å². The first-order valence-electron chi connectivity index (χ1n) is 9.71. The maximum atomic E-state index is 6.29. The Balaban J connectivity index is 1.67. The molecule has 3 heteroatoms. The highest BCUT2D eigenvalue weighted by Gasteiger charge is 2.19. The van der Waals surface area contributed by atoms with Gasteiger partial charge < -0.3 is 8.98 Å². The van der Waals surface area contributed by atoms with E-state index in [2.05, 4.69) is 83.4 Å². The molecule has 0 saturated heterocycles. The van der Waals surface area contributed by atoms with Crippen LogP contribution in [0.3, 0.4) is 0 Å². The van der Waals surface area contributed by atoms with Crippen LogP contribution in [-0.2, 0) is 0 Å². The minimum Gasteiger partial charge on any atom is -0.454 e. The van der Waals surface area contributed by atoms with Gasteiger partial charge in [0.2, 0.25) is 0 Å². The summed E-state index contributed by atoms with van der Waals surface area (Å²) in [7, 11) is 0. The van der Waals surface area contributed by atoms with Crippen LogP contribution in [0.2, 0.25) is 0 Å². The second-order valence-corrected chi connectivity index (χ2v) is 8.49. The zero-order chi connectivity index (χ0) is 18.9. The third kappa shape index (κ3) is 2.00. The molecule has 0 unspecified atom stereocenters. The largest absolute Gasteiger partial charge is 0.454 e. The molecule has 0 aliphatic rings. The first-order valence-corrected chi connectivity index (χ1v) is 10.5. The number of fused-ring (bicyclic) bond motifs is 8. The van der Waals surface area contributed by atoms with Crippen molar-refractivity contribution in [2.24, 2.45) is 0 Å². The highest BCUT2D eigenvalue weighted by Crippen LogP contribution is 2.40. The molecule has 3 heterocycles. The van der Waals surface area contributed by atoms with Gasteiger partial charge in [-0.15, -0.1) is 11.3 Å². The van der Waals surface area contributed by atoms with Gasteiger partial charge in [0.25, 0.3) is 0 Å². The van der Waals surface area contributed by atoms with E-state index in [0.29, 0.717) is 0 Å². The van der Waals surface area contributed by atoms with Gasteiger partial charge in [0.05, 0.1) is 5.52 Å². The van der Waals surface area contributed by atoms with E-state index in [-0.39, 0.29) is 0 Å². The Morgan fingerprint density at radius 3 is 2.28 bits per heavy atom. The van der Waals surface area contributed by atoms with E-state index in [1.54, 1.807) is 0 Å². The van der Waals surface area contributed by atoms with Crippen molar-refractivity contribution < 1.29 is 4.42 Å². The predicted molar refractivity (Wildman–Crippen MR) is 123 cm³/mol. The van der Waals surface area contributed by atoms with Crippen LogP contribution in [0.4, 0.5) is 0 Å². The molecule has 0 atom stereocenters. The van der Waals surface area contributed by atoms with Crippen molar-refractivity contribution in [2.45, 2.75) is 0 Å². The second kappa shape index (κ2) is 5.49. The molecule has 0 radical (unpaired) electrons. The van der Waals surface area contributed by atoms with Crippen molar-refractivity contribution in [1.82, 2.24) is 4.57 Å². The number of para-hydroxylation sites is 2. The molecule has 4 aromatic carbocycles. The molecule has 0 aliphatic carbocycles. The summed E-state index contributed by atoms with van der Waals surface area (Å²) >= 11 is 1.85. The van der Waals surface area contributed by atoms with Crippen molar-refractivity contribution in [3.63, 3.8) is 0 Å². The number of aromatic nitrogens is 1. The van der Waals surface area contributed by atoms with Crippen molar-refractivity contribution in [3.8, 4) is 5.69 Å². The lowest BCUT2D eigenvalue weighted by molar-refractivity contribution is 0.673. The Hall–Kier alpha value is -3.56. The lowest BCUT2D eigenvalue weighted by Crippen LogP contribution is -1.93. The highest BCUT2D eigenvalue weighted by molar-refractivity contribution is 7.25. The summed E-state index contributed by atoms with van der Waals surface area (Å²) in [5.74, 6) is 0. The number of thiophene rings is 1. The lowest BCUT2D eigenvalue weighted by Gasteiger charge is -2.08. The van der Waals surface area contributed by atoms with Crippen LogP contribution in [0, 0.1) is 0 Å². The Morgan fingerprint density at radius 1 is 0.621 bits per heavy atom. The summed E-state index contributed by atoms with van der Waals surface area (Å²) in [5, 5.41) is 4.92. The van der Waals surface area contributed by atoms with Crippen LogP contribution < -0.4 is 0 Å². The van der Waals surface area contributed by atoms with Gasteiger partial charge >= 0.3 is 0 Å². The molecule has 0 bridgehead atoms. The molecule has 0 spiro atoms. The SMILES string of the molecule is c1ccc2c(c1)oc1c3ccccc3n(-c3ccc4sc5ccccc5c4c3)c21. The normalized spacial score (nSPS) is 12.1. The average Bonchev–Trinajstić information content (AvgIpc) is 3.42. The van der Waals surface area contributed by atoms with Crippen molar-refractivity contribution in [1.29, 1.82) is 0 Å². The average molecular weight is 389 g/mol. The first kappa shape index (κ1) is 15.4. The van der Waals surface area contributed by atoms with Gasteiger partial charge in [0.1, 0.15) is 11.1 Å². The van der Waals surface area contributed by atoms with E-state index < -0.39 is 0 Å². The molecular formula is C26H15NOS. The topological polar surface area (TPSA) is 18.1 Å². The van der Waals surface area contributed by atoms with E-state index in [1.807, 2.05) is 23.5 Å². The maximum Gasteiger partial charge on any atom is 0.161 e. The Bertz CT molecular complexity index is 1710. The Morgan fingerprint density at radius 2 is 1.34 bits per heavy atom. The minimum absolute atomic E-state index is 0.930. The van der Waals surface area contributed by atoms with E-state index >= 15 is 0 Å². The summed E-state index contributed by atoms with van der Waals surface area (Å²) < 4.78 is 11.3. The second-order valence-electron chi connectivity index (χ2n) is 7.41. The van der Waals surface area contributed by atoms with Crippen molar-refractivity contribution in [3.05, 3.63) is 91.0 Å². The fraction of sp³-hybridized carbons (Fsp3) is 0. The van der Waals surface area contributed by atoms with Crippen LogP contribution >= 0.6 is 11.3 Å².